The molecule has 0 saturated carbocycles. The van der Waals surface area contributed by atoms with E-state index in [0.717, 1.165) is 55.7 Å². The number of para-hydroxylation sites is 1. The minimum Gasteiger partial charge on any atom is -0.456 e. The molecular formula is C56H35NOS. The molecule has 0 aliphatic rings. The monoisotopic (exact) mass is 769 g/mol. The van der Waals surface area contributed by atoms with Gasteiger partial charge in [-0.15, -0.1) is 11.3 Å². The van der Waals surface area contributed by atoms with Crippen molar-refractivity contribution in [1.82, 2.24) is 0 Å². The number of rotatable bonds is 6. The standard InChI is InChI=1S/C56H35NOS/c1-3-11-39-32-47(25-19-36(39)9-1)57(48-26-20-37-10-2-4-12-40(37)33-48)46-23-17-38(18-24-46)43-29-44(41-21-27-54-51(34-41)49-13-5-7-15-53(49)58-54)31-45(30-43)42-22-28-56-52(35-42)50-14-6-8-16-55(50)59-56/h1-35H. The predicted octanol–water partition coefficient (Wildman–Crippen LogP) is 16.7. The van der Waals surface area contributed by atoms with Gasteiger partial charge in [0, 0.05) is 48.0 Å². The largest absolute Gasteiger partial charge is 0.456 e. The van der Waals surface area contributed by atoms with Crippen molar-refractivity contribution in [2.24, 2.45) is 0 Å². The first-order valence-corrected chi connectivity index (χ1v) is 20.9. The van der Waals surface area contributed by atoms with E-state index in [1.165, 1.54) is 58.4 Å². The Morgan fingerprint density at radius 1 is 0.288 bits per heavy atom. The molecule has 0 atom stereocenters. The number of benzene rings is 10. The number of thiophene rings is 1. The van der Waals surface area contributed by atoms with Crippen LogP contribution >= 0.6 is 11.3 Å². The van der Waals surface area contributed by atoms with Crippen LogP contribution in [0.15, 0.2) is 217 Å². The maximum Gasteiger partial charge on any atom is 0.135 e. The van der Waals surface area contributed by atoms with Gasteiger partial charge in [0.05, 0.1) is 0 Å². The molecular weight excluding hydrogens is 735 g/mol. The van der Waals surface area contributed by atoms with E-state index in [1.807, 2.05) is 23.5 Å². The molecule has 2 aromatic heterocycles. The summed E-state index contributed by atoms with van der Waals surface area (Å²) < 4.78 is 8.85. The van der Waals surface area contributed by atoms with E-state index in [-0.39, 0.29) is 0 Å². The Labute approximate surface area is 345 Å². The van der Waals surface area contributed by atoms with Crippen molar-refractivity contribution in [3.8, 4) is 33.4 Å². The minimum atomic E-state index is 0.902. The van der Waals surface area contributed by atoms with Gasteiger partial charge in [-0.05, 0) is 146 Å². The van der Waals surface area contributed by atoms with Crippen LogP contribution in [0.5, 0.6) is 0 Å². The molecule has 12 aromatic rings. The van der Waals surface area contributed by atoms with Gasteiger partial charge < -0.3 is 9.32 Å². The summed E-state index contributed by atoms with van der Waals surface area (Å²) in [6, 6.07) is 77.3. The highest BCUT2D eigenvalue weighted by Gasteiger charge is 2.16. The molecule has 0 spiro atoms. The molecule has 0 bridgehead atoms. The van der Waals surface area contributed by atoms with Gasteiger partial charge in [0.25, 0.3) is 0 Å². The van der Waals surface area contributed by atoms with Gasteiger partial charge in [-0.2, -0.15) is 0 Å². The fraction of sp³-hybridized carbons (Fsp3) is 0. The van der Waals surface area contributed by atoms with Crippen molar-refractivity contribution in [2.75, 3.05) is 4.90 Å². The van der Waals surface area contributed by atoms with Crippen LogP contribution in [0.25, 0.3) is 97.0 Å². The summed E-state index contributed by atoms with van der Waals surface area (Å²) in [4.78, 5) is 2.37. The second-order valence-electron chi connectivity index (χ2n) is 15.4. The summed E-state index contributed by atoms with van der Waals surface area (Å²) in [5.74, 6) is 0. The third kappa shape index (κ3) is 5.86. The number of hydrogen-bond acceptors (Lipinski definition) is 3. The van der Waals surface area contributed by atoms with Crippen LogP contribution in [0.2, 0.25) is 0 Å². The molecule has 276 valence electrons. The fourth-order valence-electron chi connectivity index (χ4n) is 8.82. The van der Waals surface area contributed by atoms with Gasteiger partial charge in [-0.1, -0.05) is 121 Å². The third-order valence-electron chi connectivity index (χ3n) is 11.8. The van der Waals surface area contributed by atoms with Crippen LogP contribution in [0.4, 0.5) is 17.1 Å². The van der Waals surface area contributed by atoms with E-state index in [4.69, 9.17) is 4.42 Å². The molecule has 0 radical (unpaired) electrons. The molecule has 0 unspecified atom stereocenters. The first kappa shape index (κ1) is 33.7. The molecule has 10 aromatic carbocycles. The van der Waals surface area contributed by atoms with E-state index in [2.05, 4.69) is 205 Å². The van der Waals surface area contributed by atoms with Gasteiger partial charge in [-0.3, -0.25) is 0 Å². The van der Waals surface area contributed by atoms with E-state index in [9.17, 15) is 0 Å². The molecule has 0 aliphatic heterocycles. The van der Waals surface area contributed by atoms with Crippen LogP contribution in [0.3, 0.4) is 0 Å². The number of hydrogen-bond donors (Lipinski definition) is 0. The summed E-state index contributed by atoms with van der Waals surface area (Å²) in [7, 11) is 0. The highest BCUT2D eigenvalue weighted by molar-refractivity contribution is 7.25. The first-order chi connectivity index (χ1) is 29.2. The Morgan fingerprint density at radius 2 is 0.780 bits per heavy atom. The van der Waals surface area contributed by atoms with Crippen molar-refractivity contribution in [1.29, 1.82) is 0 Å². The highest BCUT2D eigenvalue weighted by atomic mass is 32.1. The Kier molecular flexibility index (Phi) is 7.75. The summed E-state index contributed by atoms with van der Waals surface area (Å²) >= 11 is 1.86. The quantitative estimate of drug-likeness (QED) is 0.167. The molecule has 0 N–H and O–H groups in total. The molecule has 59 heavy (non-hydrogen) atoms. The fourth-order valence-corrected chi connectivity index (χ4v) is 9.91. The topological polar surface area (TPSA) is 16.4 Å². The number of nitrogens with zero attached hydrogens (tertiary/aromatic N) is 1. The number of furan rings is 1. The molecule has 2 nitrogen and oxygen atoms in total. The lowest BCUT2D eigenvalue weighted by atomic mass is 9.92. The van der Waals surface area contributed by atoms with Crippen LogP contribution in [0.1, 0.15) is 0 Å². The SMILES string of the molecule is c1ccc2cc(N(c3ccc(-c4cc(-c5ccc6oc7ccccc7c6c5)cc(-c5ccc6sc7ccccc7c6c5)c4)cc3)c3ccc4ccccc4c3)ccc2c1. The van der Waals surface area contributed by atoms with Crippen molar-refractivity contribution in [3.05, 3.63) is 212 Å². The van der Waals surface area contributed by atoms with Gasteiger partial charge in [0.2, 0.25) is 0 Å². The molecule has 12 rings (SSSR count). The Morgan fingerprint density at radius 3 is 1.47 bits per heavy atom. The zero-order chi connectivity index (χ0) is 38.9. The first-order valence-electron chi connectivity index (χ1n) is 20.1. The molecule has 0 saturated heterocycles. The van der Waals surface area contributed by atoms with Crippen molar-refractivity contribution in [3.63, 3.8) is 0 Å². The lowest BCUT2D eigenvalue weighted by molar-refractivity contribution is 0.669. The normalized spacial score (nSPS) is 11.7. The van der Waals surface area contributed by atoms with Gasteiger partial charge in [-0.25, -0.2) is 0 Å². The van der Waals surface area contributed by atoms with Crippen molar-refractivity contribution < 1.29 is 4.42 Å². The third-order valence-corrected chi connectivity index (χ3v) is 12.9. The smallest absolute Gasteiger partial charge is 0.135 e. The second-order valence-corrected chi connectivity index (χ2v) is 16.4. The Hall–Kier alpha value is -7.46. The van der Waals surface area contributed by atoms with E-state index >= 15 is 0 Å². The Bertz CT molecular complexity index is 3360. The summed E-state index contributed by atoms with van der Waals surface area (Å²) in [5.41, 5.74) is 12.2. The zero-order valence-corrected chi connectivity index (χ0v) is 32.8. The van der Waals surface area contributed by atoms with Gasteiger partial charge in [0.15, 0.2) is 0 Å². The molecule has 0 aliphatic carbocycles. The Balaban J connectivity index is 1.01. The summed E-state index contributed by atoms with van der Waals surface area (Å²) in [6.07, 6.45) is 0. The van der Waals surface area contributed by atoms with Crippen molar-refractivity contribution >= 4 is 92.1 Å². The van der Waals surface area contributed by atoms with Crippen LogP contribution in [-0.2, 0) is 0 Å². The highest BCUT2D eigenvalue weighted by Crippen LogP contribution is 2.42. The molecule has 0 fully saturated rings. The molecule has 0 amide bonds. The maximum atomic E-state index is 6.23. The van der Waals surface area contributed by atoms with E-state index in [1.54, 1.807) is 0 Å². The van der Waals surface area contributed by atoms with Crippen LogP contribution in [0, 0.1) is 0 Å². The lowest BCUT2D eigenvalue weighted by Crippen LogP contribution is -2.09. The second kappa shape index (κ2) is 13.6. The van der Waals surface area contributed by atoms with E-state index in [0.29, 0.717) is 0 Å². The number of anilines is 3. The lowest BCUT2D eigenvalue weighted by Gasteiger charge is -2.26. The summed E-state index contributed by atoms with van der Waals surface area (Å²) in [6.45, 7) is 0. The maximum absolute atomic E-state index is 6.23. The van der Waals surface area contributed by atoms with Gasteiger partial charge in [0.1, 0.15) is 11.2 Å². The van der Waals surface area contributed by atoms with Gasteiger partial charge >= 0.3 is 0 Å². The average molecular weight is 770 g/mol. The zero-order valence-electron chi connectivity index (χ0n) is 32.0. The van der Waals surface area contributed by atoms with Crippen LogP contribution < -0.4 is 4.90 Å². The predicted molar refractivity (Wildman–Crippen MR) is 253 cm³/mol. The number of fused-ring (bicyclic) bond motifs is 8. The van der Waals surface area contributed by atoms with E-state index < -0.39 is 0 Å². The van der Waals surface area contributed by atoms with Crippen LogP contribution in [-0.4, -0.2) is 0 Å². The molecule has 2 heterocycles. The summed E-state index contributed by atoms with van der Waals surface area (Å²) in [5, 5.41) is 9.75. The average Bonchev–Trinajstić information content (AvgIpc) is 3.87. The minimum absolute atomic E-state index is 0.902. The molecule has 3 heteroatoms. The van der Waals surface area contributed by atoms with Crippen molar-refractivity contribution in [2.45, 2.75) is 0 Å².